The first kappa shape index (κ1) is 11.5. The second kappa shape index (κ2) is 4.51. The van der Waals surface area contributed by atoms with Crippen LogP contribution in [0.25, 0.3) is 0 Å². The summed E-state index contributed by atoms with van der Waals surface area (Å²) in [6, 6.07) is 3.60. The number of halogens is 1. The standard InChI is InChI=1S/C11H14BrN3O/c1-2-15-10(16)5-8(13)11(15)9-4-3-7(12)6-14-9/h3-4,6,8,11H,2,5,13H2,1H3. The lowest BCUT2D eigenvalue weighted by Crippen LogP contribution is -2.33. The van der Waals surface area contributed by atoms with Crippen molar-refractivity contribution in [3.63, 3.8) is 0 Å². The van der Waals surface area contributed by atoms with Crippen LogP contribution in [-0.2, 0) is 4.79 Å². The molecule has 0 aromatic carbocycles. The van der Waals surface area contributed by atoms with E-state index in [4.69, 9.17) is 5.73 Å². The highest BCUT2D eigenvalue weighted by Crippen LogP contribution is 2.30. The Morgan fingerprint density at radius 3 is 2.94 bits per heavy atom. The Labute approximate surface area is 103 Å². The van der Waals surface area contributed by atoms with Crippen molar-refractivity contribution in [1.82, 2.24) is 9.88 Å². The van der Waals surface area contributed by atoms with Crippen molar-refractivity contribution in [1.29, 1.82) is 0 Å². The number of carbonyl (C=O) groups is 1. The van der Waals surface area contributed by atoms with Crippen LogP contribution in [0.5, 0.6) is 0 Å². The van der Waals surface area contributed by atoms with Crippen LogP contribution in [0.2, 0.25) is 0 Å². The van der Waals surface area contributed by atoms with Crippen molar-refractivity contribution in [2.24, 2.45) is 5.73 Å². The molecule has 2 rings (SSSR count). The summed E-state index contributed by atoms with van der Waals surface area (Å²) in [5.74, 6) is 0.115. The van der Waals surface area contributed by atoms with Gasteiger partial charge in [0.15, 0.2) is 0 Å². The number of nitrogens with two attached hydrogens (primary N) is 1. The van der Waals surface area contributed by atoms with Gasteiger partial charge in [-0.05, 0) is 35.0 Å². The summed E-state index contributed by atoms with van der Waals surface area (Å²) in [6.45, 7) is 2.64. The van der Waals surface area contributed by atoms with E-state index >= 15 is 0 Å². The third kappa shape index (κ3) is 1.97. The van der Waals surface area contributed by atoms with Crippen molar-refractivity contribution in [3.05, 3.63) is 28.5 Å². The molecule has 1 aliphatic heterocycles. The van der Waals surface area contributed by atoms with E-state index in [1.165, 1.54) is 0 Å². The first-order chi connectivity index (χ1) is 7.63. The fourth-order valence-electron chi connectivity index (χ4n) is 2.13. The molecular weight excluding hydrogens is 270 g/mol. The number of nitrogens with zero attached hydrogens (tertiary/aromatic N) is 2. The number of rotatable bonds is 2. The third-order valence-electron chi connectivity index (χ3n) is 2.87. The van der Waals surface area contributed by atoms with Crippen LogP contribution in [-0.4, -0.2) is 28.4 Å². The fraction of sp³-hybridized carbons (Fsp3) is 0.455. The van der Waals surface area contributed by atoms with Crippen LogP contribution in [0.3, 0.4) is 0 Å². The summed E-state index contributed by atoms with van der Waals surface area (Å²) < 4.78 is 0.928. The molecule has 5 heteroatoms. The van der Waals surface area contributed by atoms with Gasteiger partial charge >= 0.3 is 0 Å². The highest BCUT2D eigenvalue weighted by molar-refractivity contribution is 9.10. The SMILES string of the molecule is CCN1C(=O)CC(N)C1c1ccc(Br)cn1. The van der Waals surface area contributed by atoms with Gasteiger partial charge in [0, 0.05) is 29.7 Å². The van der Waals surface area contributed by atoms with Crippen LogP contribution in [0.1, 0.15) is 25.1 Å². The Morgan fingerprint density at radius 2 is 2.38 bits per heavy atom. The van der Waals surface area contributed by atoms with Gasteiger partial charge in [-0.2, -0.15) is 0 Å². The molecule has 2 unspecified atom stereocenters. The molecule has 16 heavy (non-hydrogen) atoms. The molecule has 1 amide bonds. The molecule has 2 N–H and O–H groups in total. The molecule has 86 valence electrons. The molecule has 0 spiro atoms. The average molecular weight is 284 g/mol. The van der Waals surface area contributed by atoms with E-state index in [-0.39, 0.29) is 18.0 Å². The molecule has 0 saturated carbocycles. The van der Waals surface area contributed by atoms with Crippen LogP contribution < -0.4 is 5.73 Å². The van der Waals surface area contributed by atoms with Crippen LogP contribution in [0, 0.1) is 0 Å². The third-order valence-corrected chi connectivity index (χ3v) is 3.34. The second-order valence-corrected chi connectivity index (χ2v) is 4.81. The maximum Gasteiger partial charge on any atom is 0.224 e. The molecule has 1 aromatic rings. The summed E-state index contributed by atoms with van der Waals surface area (Å²) in [5, 5.41) is 0. The predicted molar refractivity (Wildman–Crippen MR) is 64.7 cm³/mol. The lowest BCUT2D eigenvalue weighted by atomic mass is 10.1. The van der Waals surface area contributed by atoms with E-state index in [2.05, 4.69) is 20.9 Å². The number of amides is 1. The average Bonchev–Trinajstić information content (AvgIpc) is 2.54. The van der Waals surface area contributed by atoms with E-state index in [9.17, 15) is 4.79 Å². The smallest absolute Gasteiger partial charge is 0.224 e. The van der Waals surface area contributed by atoms with Gasteiger partial charge in [0.2, 0.25) is 5.91 Å². The minimum Gasteiger partial charge on any atom is -0.333 e. The Hall–Kier alpha value is -0.940. The molecule has 1 aromatic heterocycles. The number of likely N-dealkylation sites (N-methyl/N-ethyl adjacent to an activating group) is 1. The Balaban J connectivity index is 2.31. The van der Waals surface area contributed by atoms with E-state index in [1.54, 1.807) is 11.1 Å². The Morgan fingerprint density at radius 1 is 1.62 bits per heavy atom. The highest BCUT2D eigenvalue weighted by atomic mass is 79.9. The first-order valence-electron chi connectivity index (χ1n) is 5.30. The Bertz CT molecular complexity index is 393. The molecule has 4 nitrogen and oxygen atoms in total. The summed E-state index contributed by atoms with van der Waals surface area (Å²) >= 11 is 3.34. The minimum atomic E-state index is -0.152. The second-order valence-electron chi connectivity index (χ2n) is 3.89. The lowest BCUT2D eigenvalue weighted by molar-refractivity contribution is -0.128. The van der Waals surface area contributed by atoms with Gasteiger partial charge in [-0.1, -0.05) is 0 Å². The van der Waals surface area contributed by atoms with Crippen molar-refractivity contribution >= 4 is 21.8 Å². The summed E-state index contributed by atoms with van der Waals surface area (Å²) in [7, 11) is 0. The minimum absolute atomic E-state index is 0.0781. The van der Waals surface area contributed by atoms with Gasteiger partial charge < -0.3 is 10.6 Å². The lowest BCUT2D eigenvalue weighted by Gasteiger charge is -2.24. The van der Waals surface area contributed by atoms with Crippen molar-refractivity contribution in [2.45, 2.75) is 25.4 Å². The van der Waals surface area contributed by atoms with E-state index in [0.717, 1.165) is 10.2 Å². The van der Waals surface area contributed by atoms with Crippen molar-refractivity contribution in [3.8, 4) is 0 Å². The zero-order chi connectivity index (χ0) is 11.7. The molecule has 1 saturated heterocycles. The van der Waals surface area contributed by atoms with Gasteiger partial charge in [0.05, 0.1) is 11.7 Å². The first-order valence-corrected chi connectivity index (χ1v) is 6.09. The number of hydrogen-bond donors (Lipinski definition) is 1. The summed E-state index contributed by atoms with van der Waals surface area (Å²) in [6.07, 6.45) is 2.15. The number of likely N-dealkylation sites (tertiary alicyclic amines) is 1. The fourth-order valence-corrected chi connectivity index (χ4v) is 2.37. The maximum atomic E-state index is 11.7. The number of aromatic nitrogens is 1. The van der Waals surface area contributed by atoms with Gasteiger partial charge in [0.25, 0.3) is 0 Å². The van der Waals surface area contributed by atoms with E-state index in [0.29, 0.717) is 13.0 Å². The topological polar surface area (TPSA) is 59.2 Å². The number of hydrogen-bond acceptors (Lipinski definition) is 3. The molecule has 0 radical (unpaired) electrons. The maximum absolute atomic E-state index is 11.7. The monoisotopic (exact) mass is 283 g/mol. The molecule has 1 fully saturated rings. The Kier molecular flexibility index (Phi) is 3.25. The van der Waals surface area contributed by atoms with Gasteiger partial charge in [-0.25, -0.2) is 0 Å². The molecule has 1 aliphatic rings. The van der Waals surface area contributed by atoms with Crippen LogP contribution in [0.15, 0.2) is 22.8 Å². The summed E-state index contributed by atoms with van der Waals surface area (Å²) in [5.41, 5.74) is 6.86. The van der Waals surface area contributed by atoms with Gasteiger partial charge in [-0.3, -0.25) is 9.78 Å². The molecular formula is C11H14BrN3O. The molecule has 2 atom stereocenters. The highest BCUT2D eigenvalue weighted by Gasteiger charge is 2.38. The van der Waals surface area contributed by atoms with Crippen molar-refractivity contribution in [2.75, 3.05) is 6.54 Å². The van der Waals surface area contributed by atoms with Crippen LogP contribution >= 0.6 is 15.9 Å². The predicted octanol–water partition coefficient (Wildman–Crippen LogP) is 1.46. The largest absolute Gasteiger partial charge is 0.333 e. The molecule has 2 heterocycles. The molecule has 0 aliphatic carbocycles. The molecule has 0 bridgehead atoms. The summed E-state index contributed by atoms with van der Waals surface area (Å²) in [4.78, 5) is 17.8. The van der Waals surface area contributed by atoms with Crippen LogP contribution in [0.4, 0.5) is 0 Å². The van der Waals surface area contributed by atoms with Gasteiger partial charge in [-0.15, -0.1) is 0 Å². The quantitative estimate of drug-likeness (QED) is 0.894. The van der Waals surface area contributed by atoms with Gasteiger partial charge in [0.1, 0.15) is 0 Å². The van der Waals surface area contributed by atoms with Crippen molar-refractivity contribution < 1.29 is 4.79 Å². The normalized spacial score (nSPS) is 25.2. The van der Waals surface area contributed by atoms with E-state index < -0.39 is 0 Å². The zero-order valence-corrected chi connectivity index (χ0v) is 10.6. The zero-order valence-electron chi connectivity index (χ0n) is 9.06. The number of pyridine rings is 1. The van der Waals surface area contributed by atoms with E-state index in [1.807, 2.05) is 19.1 Å². The number of carbonyl (C=O) groups excluding carboxylic acids is 1.